The first kappa shape index (κ1) is 22.6. The third-order valence-corrected chi connectivity index (χ3v) is 6.59. The van der Waals surface area contributed by atoms with Gasteiger partial charge in [0, 0.05) is 43.7 Å². The number of fused-ring (bicyclic) bond motifs is 2. The molecule has 0 bridgehead atoms. The molecule has 8 heteroatoms. The van der Waals surface area contributed by atoms with Crippen LogP contribution in [0.5, 0.6) is 0 Å². The van der Waals surface area contributed by atoms with Crippen LogP contribution in [0.1, 0.15) is 43.1 Å². The number of amides is 1. The van der Waals surface area contributed by atoms with Crippen LogP contribution < -0.4 is 0 Å². The molecule has 32 heavy (non-hydrogen) atoms. The Labute approximate surface area is 185 Å². The molecule has 2 aromatic rings. The van der Waals surface area contributed by atoms with Crippen LogP contribution >= 0.6 is 0 Å². The largest absolute Gasteiger partial charge is 0.401 e. The van der Waals surface area contributed by atoms with Crippen molar-refractivity contribution in [3.8, 4) is 0 Å². The van der Waals surface area contributed by atoms with Gasteiger partial charge < -0.3 is 4.90 Å². The maximum Gasteiger partial charge on any atom is 0.401 e. The maximum atomic E-state index is 13.5. The van der Waals surface area contributed by atoms with Gasteiger partial charge in [0.15, 0.2) is 0 Å². The van der Waals surface area contributed by atoms with E-state index < -0.39 is 24.7 Å². The van der Waals surface area contributed by atoms with E-state index in [0.29, 0.717) is 25.9 Å². The van der Waals surface area contributed by atoms with Crippen molar-refractivity contribution >= 4 is 28.3 Å². The van der Waals surface area contributed by atoms with Gasteiger partial charge in [-0.25, -0.2) is 0 Å². The van der Waals surface area contributed by atoms with Crippen LogP contribution in [0.4, 0.5) is 13.2 Å². The standard InChI is InChI=1S/C24H28F3N3O2/c1-4-21(31)30-13-15-11-20-18(17-8-7-9-19(30)22(15)17)10-16(23(32)28(5-2)6-3)12-29(20)14-24(25,26)27/h7-10,13,16,20H,4-6,11-12,14H2,1-3H3/t16-,20-/m1/s1. The number of carbonyl (C=O) groups is 2. The van der Waals surface area contributed by atoms with E-state index in [9.17, 15) is 22.8 Å². The Morgan fingerprint density at radius 3 is 2.50 bits per heavy atom. The van der Waals surface area contributed by atoms with Crippen LogP contribution in [0.25, 0.3) is 16.5 Å². The monoisotopic (exact) mass is 447 g/mol. The molecule has 172 valence electrons. The van der Waals surface area contributed by atoms with Crippen molar-refractivity contribution < 1.29 is 22.8 Å². The maximum absolute atomic E-state index is 13.5. The molecule has 0 N–H and O–H groups in total. The predicted molar refractivity (Wildman–Crippen MR) is 117 cm³/mol. The first-order valence-electron chi connectivity index (χ1n) is 11.2. The highest BCUT2D eigenvalue weighted by Gasteiger charge is 2.42. The van der Waals surface area contributed by atoms with Crippen molar-refractivity contribution in [2.24, 2.45) is 5.92 Å². The van der Waals surface area contributed by atoms with E-state index in [2.05, 4.69) is 0 Å². The molecule has 2 atom stereocenters. The van der Waals surface area contributed by atoms with Crippen molar-refractivity contribution in [2.75, 3.05) is 26.2 Å². The molecule has 1 aromatic heterocycles. The zero-order valence-corrected chi connectivity index (χ0v) is 18.6. The van der Waals surface area contributed by atoms with E-state index in [0.717, 1.165) is 27.6 Å². The summed E-state index contributed by atoms with van der Waals surface area (Å²) < 4.78 is 42.1. The number of alkyl halides is 3. The Morgan fingerprint density at radius 1 is 1.16 bits per heavy atom. The average molecular weight is 448 g/mol. The normalized spacial score (nSPS) is 20.8. The van der Waals surface area contributed by atoms with E-state index in [1.807, 2.05) is 38.1 Å². The number of halogens is 3. The molecule has 0 unspecified atom stereocenters. The third kappa shape index (κ3) is 3.85. The summed E-state index contributed by atoms with van der Waals surface area (Å²) in [6.45, 7) is 5.51. The van der Waals surface area contributed by atoms with E-state index in [-0.39, 0.29) is 18.4 Å². The van der Waals surface area contributed by atoms with E-state index in [4.69, 9.17) is 0 Å². The number of hydrogen-bond acceptors (Lipinski definition) is 3. The van der Waals surface area contributed by atoms with Crippen LogP contribution in [0.2, 0.25) is 0 Å². The average Bonchev–Trinajstić information content (AvgIpc) is 3.13. The lowest BCUT2D eigenvalue weighted by Crippen LogP contribution is -2.52. The predicted octanol–water partition coefficient (Wildman–Crippen LogP) is 4.36. The fourth-order valence-corrected chi connectivity index (χ4v) is 5.14. The van der Waals surface area contributed by atoms with Crippen LogP contribution in [-0.2, 0) is 11.2 Å². The van der Waals surface area contributed by atoms with Crippen molar-refractivity contribution in [3.05, 3.63) is 41.6 Å². The summed E-state index contributed by atoms with van der Waals surface area (Å²) in [6, 6.07) is 5.10. The van der Waals surface area contributed by atoms with Crippen molar-refractivity contribution in [2.45, 2.75) is 45.8 Å². The number of hydrogen-bond donors (Lipinski definition) is 0. The summed E-state index contributed by atoms with van der Waals surface area (Å²) in [5.41, 5.74) is 3.22. The Morgan fingerprint density at radius 2 is 1.88 bits per heavy atom. The fourth-order valence-electron chi connectivity index (χ4n) is 5.14. The summed E-state index contributed by atoms with van der Waals surface area (Å²) in [5.74, 6) is -0.844. The second-order valence-electron chi connectivity index (χ2n) is 8.47. The van der Waals surface area contributed by atoms with Crippen LogP contribution in [0.15, 0.2) is 30.5 Å². The number of rotatable bonds is 5. The Balaban J connectivity index is 1.85. The number of carbonyl (C=O) groups excluding carboxylic acids is 2. The van der Waals surface area contributed by atoms with Crippen LogP contribution in [0.3, 0.4) is 0 Å². The first-order chi connectivity index (χ1) is 15.2. The van der Waals surface area contributed by atoms with Gasteiger partial charge in [-0.1, -0.05) is 25.1 Å². The summed E-state index contributed by atoms with van der Waals surface area (Å²) in [4.78, 5) is 28.6. The van der Waals surface area contributed by atoms with Crippen molar-refractivity contribution in [1.82, 2.24) is 14.4 Å². The van der Waals surface area contributed by atoms with E-state index >= 15 is 0 Å². The zero-order valence-electron chi connectivity index (χ0n) is 18.6. The summed E-state index contributed by atoms with van der Waals surface area (Å²) in [7, 11) is 0. The second kappa shape index (κ2) is 8.39. The van der Waals surface area contributed by atoms with Gasteiger partial charge in [0.05, 0.1) is 18.0 Å². The molecular weight excluding hydrogens is 419 g/mol. The summed E-state index contributed by atoms with van der Waals surface area (Å²) in [6.07, 6.45) is -0.0158. The zero-order chi connectivity index (χ0) is 23.2. The molecule has 4 rings (SSSR count). The van der Waals surface area contributed by atoms with Crippen molar-refractivity contribution in [3.63, 3.8) is 0 Å². The van der Waals surface area contributed by atoms with Crippen LogP contribution in [0, 0.1) is 5.92 Å². The van der Waals surface area contributed by atoms with Crippen molar-refractivity contribution in [1.29, 1.82) is 0 Å². The highest BCUT2D eigenvalue weighted by Crippen LogP contribution is 2.43. The van der Waals surface area contributed by atoms with E-state index in [1.54, 1.807) is 22.6 Å². The van der Waals surface area contributed by atoms with Gasteiger partial charge in [-0.2, -0.15) is 13.2 Å². The van der Waals surface area contributed by atoms with Gasteiger partial charge >= 0.3 is 6.18 Å². The van der Waals surface area contributed by atoms with Gasteiger partial charge in [0.2, 0.25) is 11.8 Å². The molecule has 1 amide bonds. The Bertz CT molecular complexity index is 1080. The number of benzene rings is 1. The second-order valence-corrected chi connectivity index (χ2v) is 8.47. The SMILES string of the molecule is CCC(=O)n1cc2c3c(cccc31)C1=C[C@@H](C(=O)N(CC)CC)CN(CC(F)(F)F)[C@@H]1C2. The van der Waals surface area contributed by atoms with E-state index in [1.165, 1.54) is 4.90 Å². The fraction of sp³-hybridized carbons (Fsp3) is 0.500. The molecule has 2 heterocycles. The van der Waals surface area contributed by atoms with Gasteiger partial charge in [-0.3, -0.25) is 19.1 Å². The third-order valence-electron chi connectivity index (χ3n) is 6.59. The molecule has 1 aliphatic heterocycles. The lowest BCUT2D eigenvalue weighted by atomic mass is 9.79. The molecule has 0 fully saturated rings. The molecular formula is C24H28F3N3O2. The molecule has 0 saturated heterocycles. The molecule has 0 radical (unpaired) electrons. The molecule has 1 aliphatic carbocycles. The topological polar surface area (TPSA) is 45.6 Å². The first-order valence-corrected chi connectivity index (χ1v) is 11.2. The summed E-state index contributed by atoms with van der Waals surface area (Å²) >= 11 is 0. The minimum atomic E-state index is -4.37. The number of aromatic nitrogens is 1. The smallest absolute Gasteiger partial charge is 0.343 e. The molecule has 1 aromatic carbocycles. The van der Waals surface area contributed by atoms with Gasteiger partial charge in [-0.15, -0.1) is 0 Å². The lowest BCUT2D eigenvalue weighted by molar-refractivity contribution is -0.153. The Hall–Kier alpha value is -2.61. The minimum Gasteiger partial charge on any atom is -0.343 e. The summed E-state index contributed by atoms with van der Waals surface area (Å²) in [5, 5.41) is 0.902. The van der Waals surface area contributed by atoms with Gasteiger partial charge in [0.25, 0.3) is 0 Å². The molecule has 5 nitrogen and oxygen atoms in total. The molecule has 0 spiro atoms. The molecule has 0 saturated carbocycles. The Kier molecular flexibility index (Phi) is 5.92. The highest BCUT2D eigenvalue weighted by molar-refractivity contribution is 6.03. The molecule has 2 aliphatic rings. The lowest BCUT2D eigenvalue weighted by Gasteiger charge is -2.42. The van der Waals surface area contributed by atoms with Gasteiger partial charge in [-0.05, 0) is 43.0 Å². The van der Waals surface area contributed by atoms with Gasteiger partial charge in [0.1, 0.15) is 0 Å². The van der Waals surface area contributed by atoms with Crippen LogP contribution in [-0.4, -0.2) is 64.6 Å². The number of nitrogens with zero attached hydrogens (tertiary/aromatic N) is 3. The highest BCUT2D eigenvalue weighted by atomic mass is 19.4. The quantitative estimate of drug-likeness (QED) is 0.684. The minimum absolute atomic E-state index is 0.0307.